The second-order valence-corrected chi connectivity index (χ2v) is 5.65. The monoisotopic (exact) mass is 391 g/mol. The van der Waals surface area contributed by atoms with Gasteiger partial charge in [-0.15, -0.1) is 0 Å². The van der Waals surface area contributed by atoms with Crippen LogP contribution in [0, 0.1) is 5.82 Å². The maximum atomic E-state index is 12.9. The number of hydrogen-bond acceptors (Lipinski definition) is 5. The number of ether oxygens (including phenoxy) is 3. The summed E-state index contributed by atoms with van der Waals surface area (Å²) in [5.74, 6) is 1.50. The summed E-state index contributed by atoms with van der Waals surface area (Å²) >= 11 is 4.95. The Morgan fingerprint density at radius 1 is 1.07 bits per heavy atom. The van der Waals surface area contributed by atoms with Crippen LogP contribution in [0.2, 0.25) is 0 Å². The molecule has 0 bridgehead atoms. The maximum Gasteiger partial charge on any atom is 0.186 e. The van der Waals surface area contributed by atoms with Gasteiger partial charge in [0.15, 0.2) is 16.6 Å². The van der Waals surface area contributed by atoms with E-state index in [1.165, 1.54) is 12.1 Å². The van der Waals surface area contributed by atoms with E-state index in [0.717, 1.165) is 5.56 Å². The van der Waals surface area contributed by atoms with Crippen LogP contribution in [0.5, 0.6) is 17.2 Å². The number of halogens is 1. The normalized spacial score (nSPS) is 10.5. The first-order valence-electron chi connectivity index (χ1n) is 8.41. The molecule has 2 N–H and O–H groups in total. The molecule has 0 atom stereocenters. The fraction of sp³-hybridized carbons (Fsp3) is 0.263. The van der Waals surface area contributed by atoms with Crippen LogP contribution in [0.3, 0.4) is 0 Å². The largest absolute Gasteiger partial charge is 0.490 e. The first-order chi connectivity index (χ1) is 13.1. The van der Waals surface area contributed by atoms with Crippen LogP contribution in [-0.4, -0.2) is 38.2 Å². The van der Waals surface area contributed by atoms with Gasteiger partial charge in [-0.25, -0.2) is 4.39 Å². The SMILES string of the molecule is CCOc1cc(/C=N\NC(=S)NC)ccc1OCCOc1ccc(F)cc1. The highest BCUT2D eigenvalue weighted by Gasteiger charge is 2.06. The molecule has 0 aliphatic rings. The van der Waals surface area contributed by atoms with Crippen molar-refractivity contribution in [1.29, 1.82) is 0 Å². The number of benzene rings is 2. The second kappa shape index (κ2) is 11.0. The molecular weight excluding hydrogens is 369 g/mol. The van der Waals surface area contributed by atoms with E-state index in [1.54, 1.807) is 31.5 Å². The van der Waals surface area contributed by atoms with E-state index in [1.807, 2.05) is 19.1 Å². The molecule has 144 valence electrons. The number of nitrogens with zero attached hydrogens (tertiary/aromatic N) is 1. The molecule has 0 saturated carbocycles. The molecule has 0 aliphatic heterocycles. The zero-order valence-electron chi connectivity index (χ0n) is 15.2. The highest BCUT2D eigenvalue weighted by molar-refractivity contribution is 7.80. The van der Waals surface area contributed by atoms with E-state index in [9.17, 15) is 4.39 Å². The summed E-state index contributed by atoms with van der Waals surface area (Å²) in [7, 11) is 1.71. The van der Waals surface area contributed by atoms with Crippen molar-refractivity contribution in [3.63, 3.8) is 0 Å². The van der Waals surface area contributed by atoms with Crippen LogP contribution in [0.1, 0.15) is 12.5 Å². The van der Waals surface area contributed by atoms with Gasteiger partial charge in [-0.05, 0) is 67.2 Å². The predicted octanol–water partition coefficient (Wildman–Crippen LogP) is 3.11. The Kier molecular flexibility index (Phi) is 8.31. The summed E-state index contributed by atoms with van der Waals surface area (Å²) in [5, 5.41) is 7.23. The lowest BCUT2D eigenvalue weighted by atomic mass is 10.2. The third-order valence-corrected chi connectivity index (χ3v) is 3.59. The fourth-order valence-electron chi connectivity index (χ4n) is 2.06. The molecule has 0 fully saturated rings. The minimum atomic E-state index is -0.299. The topological polar surface area (TPSA) is 64.1 Å². The van der Waals surface area contributed by atoms with Crippen LogP contribution < -0.4 is 25.0 Å². The first-order valence-corrected chi connectivity index (χ1v) is 8.82. The van der Waals surface area contributed by atoms with Crippen LogP contribution in [0.25, 0.3) is 0 Å². The van der Waals surface area contributed by atoms with Gasteiger partial charge in [-0.2, -0.15) is 5.10 Å². The standard InChI is InChI=1S/C19H22FN3O3S/c1-3-24-18-12-14(13-22-23-19(27)21-2)4-9-17(18)26-11-10-25-16-7-5-15(20)6-8-16/h4-9,12-13H,3,10-11H2,1-2H3,(H2,21,23,27)/b22-13-. The average molecular weight is 391 g/mol. The molecule has 2 rings (SSSR count). The van der Waals surface area contributed by atoms with Gasteiger partial charge >= 0.3 is 0 Å². The summed E-state index contributed by atoms with van der Waals surface area (Å²) < 4.78 is 29.7. The molecule has 0 heterocycles. The van der Waals surface area contributed by atoms with Gasteiger partial charge in [0, 0.05) is 7.05 Å². The minimum Gasteiger partial charge on any atom is -0.490 e. The van der Waals surface area contributed by atoms with Gasteiger partial charge in [0.2, 0.25) is 0 Å². The van der Waals surface area contributed by atoms with E-state index in [4.69, 9.17) is 26.4 Å². The third-order valence-electron chi connectivity index (χ3n) is 3.30. The molecule has 0 unspecified atom stereocenters. The molecule has 0 radical (unpaired) electrons. The van der Waals surface area contributed by atoms with Crippen LogP contribution >= 0.6 is 12.2 Å². The smallest absolute Gasteiger partial charge is 0.186 e. The lowest BCUT2D eigenvalue weighted by Crippen LogP contribution is -2.28. The van der Waals surface area contributed by atoms with Gasteiger partial charge in [0.1, 0.15) is 24.8 Å². The van der Waals surface area contributed by atoms with E-state index in [-0.39, 0.29) is 5.82 Å². The molecule has 0 aromatic heterocycles. The van der Waals surface area contributed by atoms with Crippen molar-refractivity contribution >= 4 is 23.5 Å². The zero-order chi connectivity index (χ0) is 19.5. The summed E-state index contributed by atoms with van der Waals surface area (Å²) in [4.78, 5) is 0. The van der Waals surface area contributed by atoms with Gasteiger partial charge in [0.05, 0.1) is 12.8 Å². The quantitative estimate of drug-likeness (QED) is 0.296. The molecule has 0 aliphatic carbocycles. The lowest BCUT2D eigenvalue weighted by Gasteiger charge is -2.13. The molecule has 0 amide bonds. The van der Waals surface area contributed by atoms with Gasteiger partial charge in [0.25, 0.3) is 0 Å². The highest BCUT2D eigenvalue weighted by Crippen LogP contribution is 2.28. The third kappa shape index (κ3) is 7.10. The number of nitrogens with one attached hydrogen (secondary N) is 2. The lowest BCUT2D eigenvalue weighted by molar-refractivity contribution is 0.208. The molecule has 0 spiro atoms. The van der Waals surface area contributed by atoms with Gasteiger partial charge in [-0.1, -0.05) is 0 Å². The van der Waals surface area contributed by atoms with Crippen molar-refractivity contribution in [3.8, 4) is 17.2 Å². The van der Waals surface area contributed by atoms with E-state index < -0.39 is 0 Å². The van der Waals surface area contributed by atoms with E-state index in [0.29, 0.717) is 42.2 Å². The summed E-state index contributed by atoms with van der Waals surface area (Å²) in [6.07, 6.45) is 1.63. The first kappa shape index (κ1) is 20.4. The predicted molar refractivity (Wildman–Crippen MR) is 107 cm³/mol. The van der Waals surface area contributed by atoms with Crippen LogP contribution in [-0.2, 0) is 0 Å². The summed E-state index contributed by atoms with van der Waals surface area (Å²) in [6.45, 7) is 3.05. The molecule has 6 nitrogen and oxygen atoms in total. The van der Waals surface area contributed by atoms with E-state index in [2.05, 4.69) is 15.8 Å². The summed E-state index contributed by atoms with van der Waals surface area (Å²) in [6, 6.07) is 11.3. The van der Waals surface area contributed by atoms with Crippen molar-refractivity contribution in [2.75, 3.05) is 26.9 Å². The van der Waals surface area contributed by atoms with Crippen molar-refractivity contribution in [2.24, 2.45) is 5.10 Å². The van der Waals surface area contributed by atoms with Crippen LogP contribution in [0.15, 0.2) is 47.6 Å². The van der Waals surface area contributed by atoms with Crippen molar-refractivity contribution in [1.82, 2.24) is 10.7 Å². The molecular formula is C19H22FN3O3S. The Labute approximate surface area is 163 Å². The van der Waals surface area contributed by atoms with Crippen molar-refractivity contribution in [2.45, 2.75) is 6.92 Å². The summed E-state index contributed by atoms with van der Waals surface area (Å²) in [5.41, 5.74) is 3.52. The number of hydrogen-bond donors (Lipinski definition) is 2. The van der Waals surface area contributed by atoms with E-state index >= 15 is 0 Å². The molecule has 8 heteroatoms. The minimum absolute atomic E-state index is 0.299. The average Bonchev–Trinajstić information content (AvgIpc) is 2.68. The molecule has 2 aromatic carbocycles. The number of thiocarbonyl (C=S) groups is 1. The zero-order valence-corrected chi connectivity index (χ0v) is 16.0. The second-order valence-electron chi connectivity index (χ2n) is 5.24. The van der Waals surface area contributed by atoms with Gasteiger partial charge < -0.3 is 19.5 Å². The Morgan fingerprint density at radius 2 is 1.81 bits per heavy atom. The Morgan fingerprint density at radius 3 is 2.52 bits per heavy atom. The van der Waals surface area contributed by atoms with Gasteiger partial charge in [-0.3, -0.25) is 5.43 Å². The fourth-order valence-corrected chi connectivity index (χ4v) is 2.11. The maximum absolute atomic E-state index is 12.9. The van der Waals surface area contributed by atoms with Crippen LogP contribution in [0.4, 0.5) is 4.39 Å². The Balaban J connectivity index is 1.90. The Bertz CT molecular complexity index is 769. The highest BCUT2D eigenvalue weighted by atomic mass is 32.1. The Hall–Kier alpha value is -2.87. The van der Waals surface area contributed by atoms with Crippen molar-refractivity contribution in [3.05, 3.63) is 53.8 Å². The molecule has 27 heavy (non-hydrogen) atoms. The number of rotatable bonds is 9. The number of hydrazone groups is 1. The van der Waals surface area contributed by atoms with Crippen molar-refractivity contribution < 1.29 is 18.6 Å². The molecule has 2 aromatic rings. The molecule has 0 saturated heterocycles.